The van der Waals surface area contributed by atoms with Crippen LogP contribution < -0.4 is 15.0 Å². The van der Waals surface area contributed by atoms with Gasteiger partial charge in [0.1, 0.15) is 12.4 Å². The highest BCUT2D eigenvalue weighted by Crippen LogP contribution is 2.38. The molecular weight excluding hydrogens is 502 g/mol. The van der Waals surface area contributed by atoms with Crippen LogP contribution >= 0.6 is 11.6 Å². The van der Waals surface area contributed by atoms with E-state index in [1.165, 1.54) is 5.56 Å². The van der Waals surface area contributed by atoms with E-state index in [0.29, 0.717) is 56.3 Å². The summed E-state index contributed by atoms with van der Waals surface area (Å²) in [5, 5.41) is 3.86. The lowest BCUT2D eigenvalue weighted by atomic mass is 9.73. The largest absolute Gasteiger partial charge is 0.491 e. The van der Waals surface area contributed by atoms with Crippen LogP contribution in [0.4, 0.5) is 5.69 Å². The predicted octanol–water partition coefficient (Wildman–Crippen LogP) is 4.71. The second kappa shape index (κ2) is 12.0. The highest BCUT2D eigenvalue weighted by atomic mass is 35.5. The topological polar surface area (TPSA) is 71.1 Å². The number of amides is 2. The molecule has 1 atom stereocenters. The Morgan fingerprint density at radius 1 is 1.03 bits per heavy atom. The number of aryl methyl sites for hydroxylation is 1. The number of carbonyl (C=O) groups excluding carboxylic acids is 2. The Morgan fingerprint density at radius 2 is 1.79 bits per heavy atom. The van der Waals surface area contributed by atoms with E-state index in [0.717, 1.165) is 50.2 Å². The Balaban J connectivity index is 1.26. The summed E-state index contributed by atoms with van der Waals surface area (Å²) in [7, 11) is 0. The van der Waals surface area contributed by atoms with Crippen molar-refractivity contribution < 1.29 is 19.1 Å². The Labute approximate surface area is 230 Å². The molecule has 0 saturated carbocycles. The van der Waals surface area contributed by atoms with E-state index < -0.39 is 5.41 Å². The molecule has 0 bridgehead atoms. The molecule has 2 amide bonds. The Kier molecular flexibility index (Phi) is 8.44. The third kappa shape index (κ3) is 5.94. The SMILES string of the molecule is C[C@@H]1COc2ccccc2CCCCC2(CCN(C(=O)c3ccc(Cl)c(N4CCOCC4)c3)CC2)C(=O)N1. The second-order valence-electron chi connectivity index (χ2n) is 10.8. The lowest BCUT2D eigenvalue weighted by Crippen LogP contribution is -2.52. The predicted molar refractivity (Wildman–Crippen MR) is 149 cm³/mol. The lowest BCUT2D eigenvalue weighted by Gasteiger charge is -2.41. The molecule has 2 fully saturated rings. The van der Waals surface area contributed by atoms with Crippen LogP contribution in [-0.2, 0) is 16.0 Å². The minimum absolute atomic E-state index is 0.00189. The van der Waals surface area contributed by atoms with Gasteiger partial charge in [0.15, 0.2) is 0 Å². The summed E-state index contributed by atoms with van der Waals surface area (Å²) in [4.78, 5) is 31.1. The van der Waals surface area contributed by atoms with Gasteiger partial charge in [0.2, 0.25) is 5.91 Å². The number of halogens is 1. The first kappa shape index (κ1) is 26.8. The van der Waals surface area contributed by atoms with Crippen LogP contribution in [0.1, 0.15) is 54.9 Å². The van der Waals surface area contributed by atoms with E-state index in [9.17, 15) is 9.59 Å². The van der Waals surface area contributed by atoms with E-state index in [-0.39, 0.29) is 17.9 Å². The molecule has 1 N–H and O–H groups in total. The van der Waals surface area contributed by atoms with Gasteiger partial charge < -0.3 is 24.6 Å². The molecule has 38 heavy (non-hydrogen) atoms. The minimum atomic E-state index is -0.456. The summed E-state index contributed by atoms with van der Waals surface area (Å²) >= 11 is 6.49. The minimum Gasteiger partial charge on any atom is -0.491 e. The van der Waals surface area contributed by atoms with Crippen molar-refractivity contribution in [3.05, 3.63) is 58.6 Å². The Morgan fingerprint density at radius 3 is 2.58 bits per heavy atom. The van der Waals surface area contributed by atoms with Crippen molar-refractivity contribution >= 4 is 29.1 Å². The average Bonchev–Trinajstić information content (AvgIpc) is 2.95. The van der Waals surface area contributed by atoms with Gasteiger partial charge in [-0.25, -0.2) is 0 Å². The molecule has 5 rings (SSSR count). The number of nitrogens with one attached hydrogen (secondary N) is 1. The molecule has 2 saturated heterocycles. The zero-order valence-corrected chi connectivity index (χ0v) is 23.0. The van der Waals surface area contributed by atoms with Gasteiger partial charge in [0, 0.05) is 31.7 Å². The monoisotopic (exact) mass is 539 g/mol. The number of carbonyl (C=O) groups is 2. The van der Waals surface area contributed by atoms with E-state index >= 15 is 0 Å². The fraction of sp³-hybridized carbons (Fsp3) is 0.533. The first-order chi connectivity index (χ1) is 18.4. The van der Waals surface area contributed by atoms with Crippen LogP contribution in [0.3, 0.4) is 0 Å². The van der Waals surface area contributed by atoms with Crippen molar-refractivity contribution in [1.82, 2.24) is 10.2 Å². The molecule has 3 heterocycles. The molecular formula is C30H38ClN3O4. The van der Waals surface area contributed by atoms with E-state index in [4.69, 9.17) is 21.1 Å². The number of benzene rings is 2. The van der Waals surface area contributed by atoms with Crippen LogP contribution in [0.15, 0.2) is 42.5 Å². The maximum atomic E-state index is 13.6. The molecule has 0 aliphatic carbocycles. The first-order valence-electron chi connectivity index (χ1n) is 13.9. The summed E-state index contributed by atoms with van der Waals surface area (Å²) in [6.07, 6.45) is 5.07. The summed E-state index contributed by atoms with van der Waals surface area (Å²) < 4.78 is 11.5. The van der Waals surface area contributed by atoms with Crippen LogP contribution in [0.25, 0.3) is 0 Å². The third-order valence-corrected chi connectivity index (χ3v) is 8.54. The van der Waals surface area contributed by atoms with Crippen LogP contribution in [-0.4, -0.2) is 68.8 Å². The molecule has 0 unspecified atom stereocenters. The van der Waals surface area contributed by atoms with Crippen LogP contribution in [0.2, 0.25) is 5.02 Å². The van der Waals surface area contributed by atoms with Crippen molar-refractivity contribution in [3.63, 3.8) is 0 Å². The molecule has 8 heteroatoms. The van der Waals surface area contributed by atoms with Crippen molar-refractivity contribution in [2.45, 2.75) is 51.5 Å². The fourth-order valence-electron chi connectivity index (χ4n) is 5.87. The van der Waals surface area contributed by atoms with Crippen molar-refractivity contribution in [3.8, 4) is 5.75 Å². The molecule has 2 aromatic rings. The molecule has 204 valence electrons. The van der Waals surface area contributed by atoms with Crippen molar-refractivity contribution in [2.24, 2.45) is 5.41 Å². The normalized spacial score (nSPS) is 22.5. The number of ether oxygens (including phenoxy) is 2. The van der Waals surface area contributed by atoms with E-state index in [1.54, 1.807) is 6.07 Å². The highest BCUT2D eigenvalue weighted by molar-refractivity contribution is 6.33. The smallest absolute Gasteiger partial charge is 0.253 e. The van der Waals surface area contributed by atoms with Gasteiger partial charge in [-0.2, -0.15) is 0 Å². The van der Waals surface area contributed by atoms with Crippen LogP contribution in [0, 0.1) is 5.41 Å². The second-order valence-corrected chi connectivity index (χ2v) is 11.2. The van der Waals surface area contributed by atoms with Gasteiger partial charge in [-0.05, 0) is 68.9 Å². The summed E-state index contributed by atoms with van der Waals surface area (Å²) in [6.45, 7) is 6.38. The van der Waals surface area contributed by atoms with Gasteiger partial charge >= 0.3 is 0 Å². The standard InChI is InChI=1S/C30H38ClN3O4/c1-22-21-38-27-8-3-2-6-23(27)7-4-5-11-30(29(36)32-22)12-14-34(15-13-30)28(35)24-9-10-25(31)26(20-24)33-16-18-37-19-17-33/h2-3,6,8-10,20,22H,4-5,7,11-19,21H2,1H3,(H,32,36)/t22-/m1/s1. The Hall–Kier alpha value is -2.77. The maximum Gasteiger partial charge on any atom is 0.253 e. The molecule has 3 aliphatic rings. The summed E-state index contributed by atoms with van der Waals surface area (Å²) in [5.41, 5.74) is 2.29. The first-order valence-corrected chi connectivity index (χ1v) is 14.3. The average molecular weight is 540 g/mol. The van der Waals surface area contributed by atoms with Gasteiger partial charge in [-0.1, -0.05) is 36.2 Å². The number of nitrogens with zero attached hydrogens (tertiary/aromatic N) is 2. The molecule has 0 radical (unpaired) electrons. The van der Waals surface area contributed by atoms with Gasteiger partial charge in [-0.15, -0.1) is 0 Å². The number of hydrogen-bond donors (Lipinski definition) is 1. The number of piperidine rings is 1. The Bertz CT molecular complexity index is 1140. The number of para-hydroxylation sites is 1. The van der Waals surface area contributed by atoms with Crippen LogP contribution in [0.5, 0.6) is 5.75 Å². The van der Waals surface area contributed by atoms with Gasteiger partial charge in [0.05, 0.1) is 35.4 Å². The van der Waals surface area contributed by atoms with Crippen molar-refractivity contribution in [1.29, 1.82) is 0 Å². The number of anilines is 1. The van der Waals surface area contributed by atoms with E-state index in [2.05, 4.69) is 22.3 Å². The summed E-state index contributed by atoms with van der Waals surface area (Å²) in [5.74, 6) is 1.00. The van der Waals surface area contributed by atoms with Crippen molar-refractivity contribution in [2.75, 3.05) is 50.9 Å². The number of morpholine rings is 1. The lowest BCUT2D eigenvalue weighted by molar-refractivity contribution is -0.135. The number of fused-ring (bicyclic) bond motifs is 1. The molecule has 7 nitrogen and oxygen atoms in total. The maximum absolute atomic E-state index is 13.6. The van der Waals surface area contributed by atoms with Gasteiger partial charge in [-0.3, -0.25) is 9.59 Å². The summed E-state index contributed by atoms with van der Waals surface area (Å²) in [6, 6.07) is 13.6. The molecule has 1 spiro atoms. The quantitative estimate of drug-likeness (QED) is 0.598. The number of rotatable bonds is 2. The fourth-order valence-corrected chi connectivity index (χ4v) is 6.10. The molecule has 0 aromatic heterocycles. The zero-order chi connectivity index (χ0) is 26.5. The number of likely N-dealkylation sites (tertiary alicyclic amines) is 1. The zero-order valence-electron chi connectivity index (χ0n) is 22.2. The highest BCUT2D eigenvalue weighted by Gasteiger charge is 2.42. The molecule has 2 aromatic carbocycles. The van der Waals surface area contributed by atoms with Gasteiger partial charge in [0.25, 0.3) is 5.91 Å². The number of hydrogen-bond acceptors (Lipinski definition) is 5. The molecule has 3 aliphatic heterocycles. The van der Waals surface area contributed by atoms with E-state index in [1.807, 2.05) is 36.1 Å². The third-order valence-electron chi connectivity index (χ3n) is 8.22.